The molecular formula is C41H41N7O6. The molecule has 0 spiro atoms. The first-order valence-corrected chi connectivity index (χ1v) is 17.4. The summed E-state index contributed by atoms with van der Waals surface area (Å²) in [7, 11) is 6.75. The van der Waals surface area contributed by atoms with Crippen LogP contribution in [0.2, 0.25) is 0 Å². The number of amides is 1. The van der Waals surface area contributed by atoms with E-state index in [2.05, 4.69) is 20.3 Å². The number of nitrogens with zero attached hydrogens (tertiary/aromatic N) is 6. The van der Waals surface area contributed by atoms with Gasteiger partial charge in [-0.05, 0) is 96.3 Å². The highest BCUT2D eigenvalue weighted by Gasteiger charge is 2.44. The molecule has 1 saturated carbocycles. The van der Waals surface area contributed by atoms with Crippen molar-refractivity contribution in [1.29, 1.82) is 0 Å². The molecular weight excluding hydrogens is 686 g/mol. The van der Waals surface area contributed by atoms with Crippen molar-refractivity contribution < 1.29 is 28.9 Å². The van der Waals surface area contributed by atoms with Crippen LogP contribution in [0.4, 0.5) is 11.6 Å². The van der Waals surface area contributed by atoms with Crippen molar-refractivity contribution in [3.8, 4) is 28.5 Å². The maximum absolute atomic E-state index is 13.4. The Bertz CT molecular complexity index is 2390. The van der Waals surface area contributed by atoms with E-state index in [1.807, 2.05) is 81.8 Å². The second-order valence-electron chi connectivity index (χ2n) is 13.5. The van der Waals surface area contributed by atoms with E-state index in [0.717, 1.165) is 45.2 Å². The number of carbonyl (C=O) groups excluding carboxylic acids is 1. The molecule has 0 bridgehead atoms. The van der Waals surface area contributed by atoms with E-state index >= 15 is 0 Å². The third kappa shape index (κ3) is 7.38. The molecule has 7 rings (SSSR count). The molecule has 13 nitrogen and oxygen atoms in total. The lowest BCUT2D eigenvalue weighted by Gasteiger charge is -2.28. The molecule has 1 aliphatic carbocycles. The van der Waals surface area contributed by atoms with Gasteiger partial charge in [0.1, 0.15) is 34.6 Å². The molecule has 2 aromatic carbocycles. The fraction of sp³-hybridized carbons (Fsp3) is 0.268. The molecule has 4 aromatic heterocycles. The number of benzene rings is 2. The number of rotatable bonds is 13. The first-order valence-electron chi connectivity index (χ1n) is 17.4. The van der Waals surface area contributed by atoms with E-state index in [4.69, 9.17) is 24.2 Å². The molecule has 1 amide bonds. The van der Waals surface area contributed by atoms with Crippen molar-refractivity contribution in [2.75, 3.05) is 31.5 Å². The van der Waals surface area contributed by atoms with Crippen LogP contribution in [0, 0.1) is 19.8 Å². The summed E-state index contributed by atoms with van der Waals surface area (Å²) in [6, 6.07) is 17.0. The van der Waals surface area contributed by atoms with E-state index in [-0.39, 0.29) is 23.4 Å². The summed E-state index contributed by atoms with van der Waals surface area (Å²) in [5.74, 6) is 1.87. The zero-order valence-corrected chi connectivity index (χ0v) is 31.0. The molecule has 2 N–H and O–H groups in total. The van der Waals surface area contributed by atoms with Crippen LogP contribution >= 0.6 is 0 Å². The Balaban J connectivity index is 1.34. The average molecular weight is 728 g/mol. The van der Waals surface area contributed by atoms with E-state index in [1.165, 1.54) is 12.3 Å². The van der Waals surface area contributed by atoms with Crippen molar-refractivity contribution in [2.45, 2.75) is 39.3 Å². The van der Waals surface area contributed by atoms with Gasteiger partial charge < -0.3 is 29.5 Å². The van der Waals surface area contributed by atoms with Gasteiger partial charge in [-0.15, -0.1) is 0 Å². The lowest BCUT2D eigenvalue weighted by atomic mass is 10.0. The Kier molecular flexibility index (Phi) is 9.87. The molecule has 4 heterocycles. The molecule has 54 heavy (non-hydrogen) atoms. The molecule has 0 saturated heterocycles. The first-order chi connectivity index (χ1) is 26.0. The molecule has 0 radical (unpaired) electrons. The van der Waals surface area contributed by atoms with Gasteiger partial charge in [0.15, 0.2) is 0 Å². The molecule has 13 heteroatoms. The van der Waals surface area contributed by atoms with Crippen molar-refractivity contribution in [2.24, 2.45) is 13.0 Å². The van der Waals surface area contributed by atoms with Crippen LogP contribution in [-0.4, -0.2) is 63.0 Å². The second-order valence-corrected chi connectivity index (χ2v) is 13.5. The molecule has 276 valence electrons. The van der Waals surface area contributed by atoms with Gasteiger partial charge in [0, 0.05) is 67.2 Å². The zero-order valence-electron chi connectivity index (χ0n) is 31.0. The molecule has 0 unspecified atom stereocenters. The topological polar surface area (TPSA) is 154 Å². The standard InChI is InChI=1S/C41H41N7O6/c1-23-11-29(52-4)9-7-25(23)21-48(22-26-8-10-30(53-5)15-37(26)54-6)39-34-19-43-38(46-40(49)32-16-31(32)28-17-44-47(3)20-28)14-27(34)13-35(45-39)33-18-42-36(41(50)51)12-24(33)2/h7-15,17-20,31-32H,16,21-22H2,1-6H3,(H,50,51)(H,43,46,49)/t31-,32+/m1/s1. The van der Waals surface area contributed by atoms with Crippen molar-refractivity contribution in [3.63, 3.8) is 0 Å². The van der Waals surface area contributed by atoms with Gasteiger partial charge in [-0.1, -0.05) is 6.07 Å². The summed E-state index contributed by atoms with van der Waals surface area (Å²) in [4.78, 5) is 41.5. The number of aryl methyl sites for hydroxylation is 3. The number of anilines is 2. The highest BCUT2D eigenvalue weighted by molar-refractivity contribution is 5.99. The lowest BCUT2D eigenvalue weighted by molar-refractivity contribution is -0.117. The quantitative estimate of drug-likeness (QED) is 0.130. The van der Waals surface area contributed by atoms with Gasteiger partial charge in [0.2, 0.25) is 5.91 Å². The Morgan fingerprint density at radius 3 is 2.30 bits per heavy atom. The number of methoxy groups -OCH3 is 3. The minimum atomic E-state index is -1.11. The monoisotopic (exact) mass is 727 g/mol. The van der Waals surface area contributed by atoms with Gasteiger partial charge in [-0.3, -0.25) is 9.48 Å². The van der Waals surface area contributed by atoms with E-state index < -0.39 is 5.97 Å². The number of hydrogen-bond donors (Lipinski definition) is 2. The number of aromatic carboxylic acids is 1. The summed E-state index contributed by atoms with van der Waals surface area (Å²) >= 11 is 0. The Morgan fingerprint density at radius 1 is 0.889 bits per heavy atom. The number of carboxylic acids is 1. The van der Waals surface area contributed by atoms with Gasteiger partial charge in [0.25, 0.3) is 0 Å². The normalized spacial score (nSPS) is 14.8. The summed E-state index contributed by atoms with van der Waals surface area (Å²) in [6.45, 7) is 4.74. The molecule has 1 aliphatic rings. The summed E-state index contributed by atoms with van der Waals surface area (Å²) in [5.41, 5.74) is 5.94. The van der Waals surface area contributed by atoms with Crippen LogP contribution in [0.15, 0.2) is 79.4 Å². The van der Waals surface area contributed by atoms with Crippen LogP contribution in [0.5, 0.6) is 17.2 Å². The van der Waals surface area contributed by atoms with Crippen LogP contribution in [0.3, 0.4) is 0 Å². The highest BCUT2D eigenvalue weighted by Crippen LogP contribution is 2.48. The third-order valence-electron chi connectivity index (χ3n) is 9.90. The maximum atomic E-state index is 13.4. The highest BCUT2D eigenvalue weighted by atomic mass is 16.5. The van der Waals surface area contributed by atoms with Gasteiger partial charge in [-0.2, -0.15) is 5.10 Å². The minimum absolute atomic E-state index is 0.0562. The van der Waals surface area contributed by atoms with E-state index in [0.29, 0.717) is 53.0 Å². The van der Waals surface area contributed by atoms with Gasteiger partial charge in [0.05, 0.1) is 33.2 Å². The molecule has 0 aliphatic heterocycles. The minimum Gasteiger partial charge on any atom is -0.497 e. The van der Waals surface area contributed by atoms with Gasteiger partial charge >= 0.3 is 5.97 Å². The molecule has 2 atom stereocenters. The zero-order chi connectivity index (χ0) is 38.1. The van der Waals surface area contributed by atoms with E-state index in [1.54, 1.807) is 32.2 Å². The number of pyridine rings is 3. The van der Waals surface area contributed by atoms with Crippen molar-refractivity contribution in [3.05, 3.63) is 113 Å². The van der Waals surface area contributed by atoms with E-state index in [9.17, 15) is 14.7 Å². The summed E-state index contributed by atoms with van der Waals surface area (Å²) in [5, 5.41) is 18.4. The Hall–Kier alpha value is -6.50. The number of fused-ring (bicyclic) bond motifs is 1. The van der Waals surface area contributed by atoms with Crippen molar-refractivity contribution >= 4 is 34.3 Å². The van der Waals surface area contributed by atoms with Crippen LogP contribution < -0.4 is 24.4 Å². The van der Waals surface area contributed by atoms with Crippen LogP contribution in [0.25, 0.3) is 22.0 Å². The molecule has 6 aromatic rings. The number of hydrogen-bond acceptors (Lipinski definition) is 10. The van der Waals surface area contributed by atoms with Gasteiger partial charge in [-0.25, -0.2) is 19.7 Å². The lowest BCUT2D eigenvalue weighted by Crippen LogP contribution is -2.24. The number of carbonyl (C=O) groups is 2. The maximum Gasteiger partial charge on any atom is 0.354 e. The van der Waals surface area contributed by atoms with Crippen LogP contribution in [0.1, 0.15) is 50.6 Å². The largest absolute Gasteiger partial charge is 0.497 e. The fourth-order valence-electron chi connectivity index (χ4n) is 6.80. The SMILES string of the molecule is COc1ccc(CN(Cc2ccc(OC)cc2OC)c2nc(-c3cnc(C(=O)O)cc3C)cc3cc(NC(=O)[C@H]4C[C@@H]4c4cnn(C)c4)ncc23)c(C)c1. The summed E-state index contributed by atoms with van der Waals surface area (Å²) in [6.07, 6.45) is 7.78. The predicted octanol–water partition coefficient (Wildman–Crippen LogP) is 6.72. The average Bonchev–Trinajstić information content (AvgIpc) is 3.86. The smallest absolute Gasteiger partial charge is 0.354 e. The predicted molar refractivity (Wildman–Crippen MR) is 204 cm³/mol. The Labute approximate surface area is 312 Å². The van der Waals surface area contributed by atoms with Crippen LogP contribution in [-0.2, 0) is 24.9 Å². The fourth-order valence-corrected chi connectivity index (χ4v) is 6.80. The van der Waals surface area contributed by atoms with Crippen molar-refractivity contribution in [1.82, 2.24) is 24.7 Å². The molecule has 1 fully saturated rings. The number of ether oxygens (including phenoxy) is 3. The number of nitrogens with one attached hydrogen (secondary N) is 1. The summed E-state index contributed by atoms with van der Waals surface area (Å²) < 4.78 is 18.5. The number of aromatic nitrogens is 5. The second kappa shape index (κ2) is 14.9. The first kappa shape index (κ1) is 35.9. The number of carboxylic acid groups (broad SMARTS) is 1. The Morgan fingerprint density at radius 2 is 1.63 bits per heavy atom. The third-order valence-corrected chi connectivity index (χ3v) is 9.90.